The molecular formula is C24H26N4O4. The quantitative estimate of drug-likeness (QED) is 0.557. The van der Waals surface area contributed by atoms with Crippen LogP contribution in [0, 0.1) is 0 Å². The van der Waals surface area contributed by atoms with Crippen molar-refractivity contribution >= 4 is 23.3 Å². The molecule has 0 bridgehead atoms. The number of anilines is 3. The van der Waals surface area contributed by atoms with E-state index < -0.39 is 5.97 Å². The Morgan fingerprint density at radius 3 is 2.22 bits per heavy atom. The fourth-order valence-corrected chi connectivity index (χ4v) is 3.85. The van der Waals surface area contributed by atoms with Crippen molar-refractivity contribution in [2.24, 2.45) is 0 Å². The minimum atomic E-state index is -0.931. The number of ether oxygens (including phenoxy) is 2. The molecule has 1 aromatic heterocycles. The second-order valence-corrected chi connectivity index (χ2v) is 7.61. The predicted molar refractivity (Wildman–Crippen MR) is 123 cm³/mol. The molecule has 0 amide bonds. The van der Waals surface area contributed by atoms with Gasteiger partial charge < -0.3 is 24.8 Å². The minimum Gasteiger partial charge on any atom is -0.497 e. The van der Waals surface area contributed by atoms with Crippen LogP contribution in [-0.4, -0.2) is 48.4 Å². The lowest BCUT2D eigenvalue weighted by Gasteiger charge is -2.31. The van der Waals surface area contributed by atoms with Crippen LogP contribution in [0.2, 0.25) is 0 Å². The van der Waals surface area contributed by atoms with Gasteiger partial charge in [0.2, 0.25) is 5.95 Å². The highest BCUT2D eigenvalue weighted by atomic mass is 16.5. The van der Waals surface area contributed by atoms with Crippen LogP contribution in [0.1, 0.15) is 29.6 Å². The summed E-state index contributed by atoms with van der Waals surface area (Å²) in [6.45, 7) is 1.82. The Morgan fingerprint density at radius 2 is 1.62 bits per heavy atom. The van der Waals surface area contributed by atoms with Gasteiger partial charge in [0, 0.05) is 66.2 Å². The van der Waals surface area contributed by atoms with Gasteiger partial charge in [-0.05, 0) is 31.4 Å². The fourth-order valence-electron chi connectivity index (χ4n) is 3.85. The summed E-state index contributed by atoms with van der Waals surface area (Å²) in [5.74, 6) is 0.825. The molecule has 0 atom stereocenters. The lowest BCUT2D eigenvalue weighted by Crippen LogP contribution is -2.30. The standard InChI is InChI=1S/C24H26N4O4/c1-31-19-11-18(12-20(13-19)32-2)27-24-25-14-17(15-26-24)21-7-6-16(23(29)30)10-22(21)28-8-4-3-5-9-28/h6-7,10-15H,3-5,8-9H2,1-2H3,(H,29,30)(H,25,26,27). The topological polar surface area (TPSA) is 96.8 Å². The molecule has 0 radical (unpaired) electrons. The maximum absolute atomic E-state index is 11.5. The molecule has 4 rings (SSSR count). The van der Waals surface area contributed by atoms with Gasteiger partial charge in [-0.15, -0.1) is 0 Å². The van der Waals surface area contributed by atoms with E-state index in [-0.39, 0.29) is 5.56 Å². The summed E-state index contributed by atoms with van der Waals surface area (Å²) >= 11 is 0. The number of aromatic carboxylic acids is 1. The van der Waals surface area contributed by atoms with Gasteiger partial charge in [0.1, 0.15) is 11.5 Å². The molecule has 1 aliphatic heterocycles. The number of aromatic nitrogens is 2. The monoisotopic (exact) mass is 434 g/mol. The molecular weight excluding hydrogens is 408 g/mol. The maximum Gasteiger partial charge on any atom is 0.335 e. The largest absolute Gasteiger partial charge is 0.497 e. The van der Waals surface area contributed by atoms with Gasteiger partial charge in [-0.25, -0.2) is 14.8 Å². The lowest BCUT2D eigenvalue weighted by molar-refractivity contribution is 0.0697. The van der Waals surface area contributed by atoms with E-state index >= 15 is 0 Å². The van der Waals surface area contributed by atoms with Crippen molar-refractivity contribution in [1.29, 1.82) is 0 Å². The van der Waals surface area contributed by atoms with Gasteiger partial charge in [0.25, 0.3) is 0 Å². The summed E-state index contributed by atoms with van der Waals surface area (Å²) in [5.41, 5.74) is 3.68. The first-order valence-electron chi connectivity index (χ1n) is 10.5. The van der Waals surface area contributed by atoms with Crippen molar-refractivity contribution in [2.45, 2.75) is 19.3 Å². The van der Waals surface area contributed by atoms with E-state index in [0.717, 1.165) is 48.4 Å². The zero-order valence-corrected chi connectivity index (χ0v) is 18.2. The van der Waals surface area contributed by atoms with Gasteiger partial charge in [0.05, 0.1) is 19.8 Å². The van der Waals surface area contributed by atoms with E-state index in [1.165, 1.54) is 6.42 Å². The second-order valence-electron chi connectivity index (χ2n) is 7.61. The molecule has 1 aliphatic rings. The van der Waals surface area contributed by atoms with Crippen LogP contribution < -0.4 is 19.7 Å². The number of hydrogen-bond donors (Lipinski definition) is 2. The smallest absolute Gasteiger partial charge is 0.335 e. The van der Waals surface area contributed by atoms with Gasteiger partial charge in [-0.2, -0.15) is 0 Å². The number of benzene rings is 2. The summed E-state index contributed by atoms with van der Waals surface area (Å²) in [6, 6.07) is 10.7. The summed E-state index contributed by atoms with van der Waals surface area (Å²) < 4.78 is 10.6. The van der Waals surface area contributed by atoms with E-state index in [1.807, 2.05) is 18.2 Å². The van der Waals surface area contributed by atoms with E-state index in [9.17, 15) is 9.90 Å². The van der Waals surface area contributed by atoms with Crippen LogP contribution in [0.5, 0.6) is 11.5 Å². The van der Waals surface area contributed by atoms with E-state index in [1.54, 1.807) is 44.8 Å². The predicted octanol–water partition coefficient (Wildman–Crippen LogP) is 4.59. The van der Waals surface area contributed by atoms with Gasteiger partial charge in [0.15, 0.2) is 0 Å². The summed E-state index contributed by atoms with van der Waals surface area (Å²) in [4.78, 5) is 22.7. The zero-order chi connectivity index (χ0) is 22.5. The van der Waals surface area contributed by atoms with Crippen LogP contribution >= 0.6 is 0 Å². The number of nitrogens with one attached hydrogen (secondary N) is 1. The number of rotatable bonds is 7. The minimum absolute atomic E-state index is 0.278. The number of piperidine rings is 1. The molecule has 0 spiro atoms. The van der Waals surface area contributed by atoms with Gasteiger partial charge in [-0.1, -0.05) is 6.07 Å². The Morgan fingerprint density at radius 1 is 0.969 bits per heavy atom. The Kier molecular flexibility index (Phi) is 6.39. The Balaban J connectivity index is 1.62. The molecule has 2 aromatic carbocycles. The normalized spacial score (nSPS) is 13.5. The maximum atomic E-state index is 11.5. The molecule has 32 heavy (non-hydrogen) atoms. The van der Waals surface area contributed by atoms with Crippen LogP contribution in [0.4, 0.5) is 17.3 Å². The summed E-state index contributed by atoms with van der Waals surface area (Å²) in [7, 11) is 3.19. The van der Waals surface area contributed by atoms with Crippen LogP contribution in [0.15, 0.2) is 48.8 Å². The third-order valence-electron chi connectivity index (χ3n) is 5.51. The molecule has 2 N–H and O–H groups in total. The van der Waals surface area contributed by atoms with E-state index in [0.29, 0.717) is 17.4 Å². The molecule has 1 saturated heterocycles. The lowest BCUT2D eigenvalue weighted by atomic mass is 10.0. The number of nitrogens with zero attached hydrogens (tertiary/aromatic N) is 3. The zero-order valence-electron chi connectivity index (χ0n) is 18.2. The molecule has 0 saturated carbocycles. The first-order valence-corrected chi connectivity index (χ1v) is 10.5. The molecule has 166 valence electrons. The van der Waals surface area contributed by atoms with Crippen molar-refractivity contribution in [3.63, 3.8) is 0 Å². The molecule has 1 fully saturated rings. The van der Waals surface area contributed by atoms with Crippen molar-refractivity contribution < 1.29 is 19.4 Å². The van der Waals surface area contributed by atoms with Gasteiger partial charge in [-0.3, -0.25) is 0 Å². The first-order chi connectivity index (χ1) is 15.6. The van der Waals surface area contributed by atoms with Crippen LogP contribution in [-0.2, 0) is 0 Å². The third-order valence-corrected chi connectivity index (χ3v) is 5.51. The van der Waals surface area contributed by atoms with Crippen molar-refractivity contribution in [3.8, 4) is 22.6 Å². The van der Waals surface area contributed by atoms with Crippen LogP contribution in [0.25, 0.3) is 11.1 Å². The first kappa shape index (κ1) is 21.4. The van der Waals surface area contributed by atoms with E-state index in [2.05, 4.69) is 20.2 Å². The number of carboxylic acids is 1. The van der Waals surface area contributed by atoms with Crippen LogP contribution in [0.3, 0.4) is 0 Å². The molecule has 2 heterocycles. The number of carboxylic acid groups (broad SMARTS) is 1. The molecule has 0 unspecified atom stereocenters. The van der Waals surface area contributed by atoms with Crippen molar-refractivity contribution in [3.05, 3.63) is 54.4 Å². The highest BCUT2D eigenvalue weighted by Crippen LogP contribution is 2.34. The second kappa shape index (κ2) is 9.55. The number of methoxy groups -OCH3 is 2. The summed E-state index contributed by atoms with van der Waals surface area (Å²) in [6.07, 6.45) is 6.88. The summed E-state index contributed by atoms with van der Waals surface area (Å²) in [5, 5.41) is 12.6. The Labute approximate surface area is 186 Å². The highest BCUT2D eigenvalue weighted by Gasteiger charge is 2.18. The van der Waals surface area contributed by atoms with Gasteiger partial charge >= 0.3 is 5.97 Å². The third kappa shape index (κ3) is 4.74. The van der Waals surface area contributed by atoms with Crippen molar-refractivity contribution in [1.82, 2.24) is 9.97 Å². The Hall–Kier alpha value is -3.81. The molecule has 8 heteroatoms. The number of carbonyl (C=O) groups is 1. The average molecular weight is 434 g/mol. The highest BCUT2D eigenvalue weighted by molar-refractivity contribution is 5.92. The SMILES string of the molecule is COc1cc(Nc2ncc(-c3ccc(C(=O)O)cc3N3CCCCC3)cn2)cc(OC)c1. The number of hydrogen-bond acceptors (Lipinski definition) is 7. The van der Waals surface area contributed by atoms with E-state index in [4.69, 9.17) is 9.47 Å². The molecule has 8 nitrogen and oxygen atoms in total. The molecule has 0 aliphatic carbocycles. The fraction of sp³-hybridized carbons (Fsp3) is 0.292. The van der Waals surface area contributed by atoms with Crippen molar-refractivity contribution in [2.75, 3.05) is 37.5 Å². The molecule has 3 aromatic rings. The average Bonchev–Trinajstić information content (AvgIpc) is 2.84. The Bertz CT molecular complexity index is 1070.